The average molecular weight is 396 g/mol. The second-order valence-corrected chi connectivity index (χ2v) is 8.42. The van der Waals surface area contributed by atoms with Crippen LogP contribution in [-0.2, 0) is 18.4 Å². The summed E-state index contributed by atoms with van der Waals surface area (Å²) in [5.74, 6) is 0.992. The summed E-state index contributed by atoms with van der Waals surface area (Å²) in [6.07, 6.45) is 5.30. The van der Waals surface area contributed by atoms with Crippen molar-refractivity contribution in [3.8, 4) is 5.75 Å². The lowest BCUT2D eigenvalue weighted by molar-refractivity contribution is -0.131. The second-order valence-electron chi connectivity index (χ2n) is 8.42. The maximum absolute atomic E-state index is 13.3. The largest absolute Gasteiger partial charge is 0.485 e. The number of benzene rings is 1. The first-order chi connectivity index (χ1) is 13.9. The molecule has 2 aromatic rings. The first kappa shape index (κ1) is 19.6. The highest BCUT2D eigenvalue weighted by Gasteiger charge is 2.43. The van der Waals surface area contributed by atoms with E-state index in [0.717, 1.165) is 37.0 Å². The summed E-state index contributed by atoms with van der Waals surface area (Å²) in [6.45, 7) is 2.71. The average Bonchev–Trinajstić information content (AvgIpc) is 3.06. The van der Waals surface area contributed by atoms with Crippen molar-refractivity contribution in [1.82, 2.24) is 14.4 Å². The van der Waals surface area contributed by atoms with Gasteiger partial charge in [-0.25, -0.2) is 0 Å². The van der Waals surface area contributed by atoms with Crippen LogP contribution in [0.5, 0.6) is 5.75 Å². The van der Waals surface area contributed by atoms with Gasteiger partial charge in [0.2, 0.25) is 5.91 Å². The van der Waals surface area contributed by atoms with E-state index in [2.05, 4.69) is 0 Å². The van der Waals surface area contributed by atoms with Crippen LogP contribution in [-0.4, -0.2) is 51.4 Å². The minimum Gasteiger partial charge on any atom is -0.485 e. The zero-order chi connectivity index (χ0) is 20.6. The van der Waals surface area contributed by atoms with Gasteiger partial charge in [-0.1, -0.05) is 18.2 Å². The third-order valence-corrected chi connectivity index (χ3v) is 6.50. The van der Waals surface area contributed by atoms with Crippen molar-refractivity contribution in [3.05, 3.63) is 53.9 Å². The van der Waals surface area contributed by atoms with E-state index < -0.39 is 5.60 Å². The topological polar surface area (TPSA) is 54.8 Å². The lowest BCUT2D eigenvalue weighted by Crippen LogP contribution is -2.52. The number of hydrogen-bond acceptors (Lipinski definition) is 3. The molecule has 1 fully saturated rings. The lowest BCUT2D eigenvalue weighted by Gasteiger charge is -2.43. The fourth-order valence-corrected chi connectivity index (χ4v) is 4.63. The Hall–Kier alpha value is -2.76. The van der Waals surface area contributed by atoms with E-state index in [0.29, 0.717) is 18.8 Å². The molecule has 1 aliphatic carbocycles. The molecule has 4 rings (SSSR count). The zero-order valence-corrected chi connectivity index (χ0v) is 17.4. The van der Waals surface area contributed by atoms with Crippen LogP contribution in [0.3, 0.4) is 0 Å². The van der Waals surface area contributed by atoms with Crippen LogP contribution >= 0.6 is 0 Å². The molecular formula is C23H29N3O3. The number of rotatable bonds is 2. The molecule has 1 aliphatic heterocycles. The Morgan fingerprint density at radius 3 is 2.52 bits per heavy atom. The zero-order valence-electron chi connectivity index (χ0n) is 17.4. The highest BCUT2D eigenvalue weighted by atomic mass is 16.5. The number of para-hydroxylation sites is 1. The highest BCUT2D eigenvalue weighted by Crippen LogP contribution is 2.39. The smallest absolute Gasteiger partial charge is 0.270 e. The summed E-state index contributed by atoms with van der Waals surface area (Å²) in [5.41, 5.74) is 1.31. The third kappa shape index (κ3) is 3.76. The number of carbonyl (C=O) groups is 2. The van der Waals surface area contributed by atoms with Crippen LogP contribution in [0.4, 0.5) is 0 Å². The molecule has 6 heteroatoms. The predicted octanol–water partition coefficient (Wildman–Crippen LogP) is 3.22. The molecule has 29 heavy (non-hydrogen) atoms. The molecule has 6 nitrogen and oxygen atoms in total. The van der Waals surface area contributed by atoms with Gasteiger partial charge in [-0.3, -0.25) is 9.59 Å². The monoisotopic (exact) mass is 395 g/mol. The first-order valence-electron chi connectivity index (χ1n) is 10.3. The molecule has 1 aromatic carbocycles. The van der Waals surface area contributed by atoms with Gasteiger partial charge in [0.15, 0.2) is 0 Å². The molecule has 1 saturated carbocycles. The summed E-state index contributed by atoms with van der Waals surface area (Å²) < 4.78 is 8.46. The number of nitrogens with zero attached hydrogens (tertiary/aromatic N) is 3. The molecule has 2 aliphatic rings. The van der Waals surface area contributed by atoms with Crippen molar-refractivity contribution < 1.29 is 14.3 Å². The maximum atomic E-state index is 13.3. The van der Waals surface area contributed by atoms with Crippen LogP contribution in [0.25, 0.3) is 0 Å². The number of hydrogen-bond donors (Lipinski definition) is 0. The first-order valence-corrected chi connectivity index (χ1v) is 10.3. The molecule has 0 bridgehead atoms. The van der Waals surface area contributed by atoms with Crippen LogP contribution in [0.15, 0.2) is 42.6 Å². The molecule has 2 heterocycles. The Morgan fingerprint density at radius 2 is 1.86 bits per heavy atom. The van der Waals surface area contributed by atoms with Gasteiger partial charge in [0, 0.05) is 45.4 Å². The number of amides is 2. The maximum Gasteiger partial charge on any atom is 0.270 e. The standard InChI is InChI=1S/C23H29N3O3/c1-17(27)25(3)19-10-12-23(13-11-19)16-26(22(28)20-8-6-14-24(20)2)15-18-7-4-5-9-21(18)29-23/h4-9,14,19H,10-13,15-16H2,1-3H3. The Bertz CT molecular complexity index is 912. The number of aryl methyl sites for hydroxylation is 1. The number of aromatic nitrogens is 1. The van der Waals surface area contributed by atoms with Gasteiger partial charge in [-0.2, -0.15) is 0 Å². The van der Waals surface area contributed by atoms with Gasteiger partial charge >= 0.3 is 0 Å². The van der Waals surface area contributed by atoms with E-state index in [4.69, 9.17) is 4.74 Å². The highest BCUT2D eigenvalue weighted by molar-refractivity contribution is 5.93. The molecule has 0 radical (unpaired) electrons. The Balaban J connectivity index is 1.62. The molecular weight excluding hydrogens is 366 g/mol. The summed E-state index contributed by atoms with van der Waals surface area (Å²) in [7, 11) is 3.77. The quantitative estimate of drug-likeness (QED) is 0.785. The lowest BCUT2D eigenvalue weighted by atomic mass is 9.81. The number of fused-ring (bicyclic) bond motifs is 1. The molecule has 0 atom stereocenters. The summed E-state index contributed by atoms with van der Waals surface area (Å²) in [4.78, 5) is 28.9. The van der Waals surface area contributed by atoms with Gasteiger partial charge in [0.05, 0.1) is 6.54 Å². The van der Waals surface area contributed by atoms with Crippen LogP contribution in [0.1, 0.15) is 48.7 Å². The van der Waals surface area contributed by atoms with Gasteiger partial charge in [0.1, 0.15) is 17.0 Å². The normalized spacial score (nSPS) is 23.8. The molecule has 0 N–H and O–H groups in total. The van der Waals surface area contributed by atoms with E-state index in [1.807, 2.05) is 71.1 Å². The molecule has 0 unspecified atom stereocenters. The summed E-state index contributed by atoms with van der Waals surface area (Å²) in [6, 6.07) is 12.0. The van der Waals surface area contributed by atoms with Crippen molar-refractivity contribution in [2.24, 2.45) is 7.05 Å². The molecule has 1 aromatic heterocycles. The van der Waals surface area contributed by atoms with Gasteiger partial charge < -0.3 is 19.1 Å². The Morgan fingerprint density at radius 1 is 1.14 bits per heavy atom. The fraction of sp³-hybridized carbons (Fsp3) is 0.478. The van der Waals surface area contributed by atoms with Gasteiger partial charge in [-0.15, -0.1) is 0 Å². The van der Waals surface area contributed by atoms with E-state index >= 15 is 0 Å². The van der Waals surface area contributed by atoms with E-state index in [1.54, 1.807) is 6.92 Å². The van der Waals surface area contributed by atoms with E-state index in [-0.39, 0.29) is 17.9 Å². The van der Waals surface area contributed by atoms with Crippen LogP contribution < -0.4 is 4.74 Å². The third-order valence-electron chi connectivity index (χ3n) is 6.50. The molecule has 2 amide bonds. The molecule has 154 valence electrons. The minimum atomic E-state index is -0.415. The molecule has 0 saturated heterocycles. The van der Waals surface area contributed by atoms with Crippen molar-refractivity contribution in [1.29, 1.82) is 0 Å². The minimum absolute atomic E-state index is 0.0279. The number of ether oxygens (including phenoxy) is 1. The second kappa shape index (κ2) is 7.58. The van der Waals surface area contributed by atoms with Crippen LogP contribution in [0, 0.1) is 0 Å². The van der Waals surface area contributed by atoms with Crippen LogP contribution in [0.2, 0.25) is 0 Å². The Kier molecular flexibility index (Phi) is 5.11. The molecule has 1 spiro atoms. The number of carbonyl (C=O) groups excluding carboxylic acids is 2. The summed E-state index contributed by atoms with van der Waals surface area (Å²) >= 11 is 0. The van der Waals surface area contributed by atoms with Gasteiger partial charge in [-0.05, 0) is 43.9 Å². The summed E-state index contributed by atoms with van der Waals surface area (Å²) in [5, 5.41) is 0. The van der Waals surface area contributed by atoms with Crippen molar-refractivity contribution >= 4 is 11.8 Å². The van der Waals surface area contributed by atoms with Crippen molar-refractivity contribution in [2.45, 2.75) is 50.8 Å². The van der Waals surface area contributed by atoms with Crippen molar-refractivity contribution in [3.63, 3.8) is 0 Å². The van der Waals surface area contributed by atoms with Crippen molar-refractivity contribution in [2.75, 3.05) is 13.6 Å². The van der Waals surface area contributed by atoms with E-state index in [1.165, 1.54) is 0 Å². The SMILES string of the molecule is CC(=O)N(C)C1CCC2(CC1)CN(C(=O)c1cccn1C)Cc1ccccc1O2. The van der Waals surface area contributed by atoms with E-state index in [9.17, 15) is 9.59 Å². The van der Waals surface area contributed by atoms with Gasteiger partial charge in [0.25, 0.3) is 5.91 Å². The Labute approximate surface area is 172 Å². The fourth-order valence-electron chi connectivity index (χ4n) is 4.63. The predicted molar refractivity (Wildman–Crippen MR) is 111 cm³/mol.